The summed E-state index contributed by atoms with van der Waals surface area (Å²) in [4.78, 5) is 14.4. The first-order chi connectivity index (χ1) is 8.54. The Kier molecular flexibility index (Phi) is 5.35. The van der Waals surface area contributed by atoms with Crippen LogP contribution in [0.2, 0.25) is 0 Å². The summed E-state index contributed by atoms with van der Waals surface area (Å²) in [5.74, 6) is 0.0115. The van der Waals surface area contributed by atoms with Gasteiger partial charge in [0.05, 0.1) is 0 Å². The van der Waals surface area contributed by atoms with Gasteiger partial charge in [-0.15, -0.1) is 0 Å². The summed E-state index contributed by atoms with van der Waals surface area (Å²) >= 11 is 0. The third-order valence-electron chi connectivity index (χ3n) is 3.09. The van der Waals surface area contributed by atoms with E-state index in [0.717, 1.165) is 31.5 Å². The minimum Gasteiger partial charge on any atom is -0.341 e. The van der Waals surface area contributed by atoms with Crippen molar-refractivity contribution in [3.63, 3.8) is 0 Å². The third-order valence-corrected chi connectivity index (χ3v) is 3.09. The molecule has 0 fully saturated rings. The highest BCUT2D eigenvalue weighted by molar-refractivity contribution is 5.87. The molecule has 0 heterocycles. The maximum absolute atomic E-state index is 12.5. The van der Waals surface area contributed by atoms with Gasteiger partial charge in [-0.2, -0.15) is 0 Å². The molecule has 100 valence electrons. The Morgan fingerprint density at radius 3 is 2.11 bits per heavy atom. The Balaban J connectivity index is 2.92. The Hall–Kier alpha value is -1.35. The summed E-state index contributed by atoms with van der Waals surface area (Å²) in [6.07, 6.45) is 1.91. The molecule has 0 aliphatic heterocycles. The minimum atomic E-state index is -0.939. The standard InChI is InChI=1S/C15H24N2O/c1-4-11-17(12-5-2)14(18)15(3,16)13-9-7-6-8-10-13/h6-10H,4-5,11-12,16H2,1-3H3. The smallest absolute Gasteiger partial charge is 0.246 e. The van der Waals surface area contributed by atoms with Gasteiger partial charge in [-0.25, -0.2) is 0 Å². The van der Waals surface area contributed by atoms with E-state index in [9.17, 15) is 4.79 Å². The molecule has 3 heteroatoms. The fraction of sp³-hybridized carbons (Fsp3) is 0.533. The second kappa shape index (κ2) is 6.55. The minimum absolute atomic E-state index is 0.0115. The lowest BCUT2D eigenvalue weighted by atomic mass is 9.91. The van der Waals surface area contributed by atoms with Gasteiger partial charge < -0.3 is 10.6 Å². The quantitative estimate of drug-likeness (QED) is 0.840. The molecule has 0 spiro atoms. The van der Waals surface area contributed by atoms with Crippen LogP contribution in [0.1, 0.15) is 39.2 Å². The molecule has 1 aromatic rings. The highest BCUT2D eigenvalue weighted by Crippen LogP contribution is 2.20. The summed E-state index contributed by atoms with van der Waals surface area (Å²) in [5.41, 5.74) is 6.18. The molecule has 2 N–H and O–H groups in total. The number of nitrogens with two attached hydrogens (primary N) is 1. The van der Waals surface area contributed by atoms with Gasteiger partial charge in [0.2, 0.25) is 5.91 Å². The van der Waals surface area contributed by atoms with Crippen molar-refractivity contribution in [1.82, 2.24) is 4.90 Å². The van der Waals surface area contributed by atoms with Gasteiger partial charge >= 0.3 is 0 Å². The second-order valence-corrected chi connectivity index (χ2v) is 4.86. The largest absolute Gasteiger partial charge is 0.341 e. The Labute approximate surface area is 110 Å². The van der Waals surface area contributed by atoms with Crippen LogP contribution in [0.5, 0.6) is 0 Å². The first-order valence-corrected chi connectivity index (χ1v) is 6.67. The summed E-state index contributed by atoms with van der Waals surface area (Å²) < 4.78 is 0. The molecule has 1 unspecified atom stereocenters. The fourth-order valence-electron chi connectivity index (χ4n) is 2.09. The van der Waals surface area contributed by atoms with Crippen LogP contribution in [0.15, 0.2) is 30.3 Å². The zero-order chi connectivity index (χ0) is 13.6. The third kappa shape index (κ3) is 3.33. The molecule has 1 aromatic carbocycles. The van der Waals surface area contributed by atoms with Gasteiger partial charge in [0.25, 0.3) is 0 Å². The van der Waals surface area contributed by atoms with E-state index in [-0.39, 0.29) is 5.91 Å². The van der Waals surface area contributed by atoms with Crippen LogP contribution in [0.4, 0.5) is 0 Å². The lowest BCUT2D eigenvalue weighted by Gasteiger charge is -2.32. The molecule has 0 aliphatic carbocycles. The lowest BCUT2D eigenvalue weighted by Crippen LogP contribution is -2.51. The van der Waals surface area contributed by atoms with Crippen LogP contribution in [0.3, 0.4) is 0 Å². The number of hydrogen-bond donors (Lipinski definition) is 1. The van der Waals surface area contributed by atoms with Crippen molar-refractivity contribution >= 4 is 5.91 Å². The van der Waals surface area contributed by atoms with Crippen LogP contribution >= 0.6 is 0 Å². The van der Waals surface area contributed by atoms with E-state index in [1.54, 1.807) is 6.92 Å². The molecule has 18 heavy (non-hydrogen) atoms. The van der Waals surface area contributed by atoms with E-state index in [2.05, 4.69) is 13.8 Å². The van der Waals surface area contributed by atoms with Crippen molar-refractivity contribution in [2.24, 2.45) is 5.73 Å². The average Bonchev–Trinajstić information content (AvgIpc) is 2.38. The number of hydrogen-bond acceptors (Lipinski definition) is 2. The number of nitrogens with zero attached hydrogens (tertiary/aromatic N) is 1. The van der Waals surface area contributed by atoms with Crippen LogP contribution in [0, 0.1) is 0 Å². The predicted molar refractivity (Wildman–Crippen MR) is 75.1 cm³/mol. The highest BCUT2D eigenvalue weighted by atomic mass is 16.2. The Bertz CT molecular complexity index is 367. The van der Waals surface area contributed by atoms with Crippen LogP contribution in [-0.2, 0) is 10.3 Å². The molecule has 0 aromatic heterocycles. The molecule has 1 rings (SSSR count). The molecular formula is C15H24N2O. The van der Waals surface area contributed by atoms with E-state index in [0.29, 0.717) is 0 Å². The van der Waals surface area contributed by atoms with E-state index in [1.807, 2.05) is 35.2 Å². The molecule has 3 nitrogen and oxygen atoms in total. The lowest BCUT2D eigenvalue weighted by molar-refractivity contribution is -0.136. The highest BCUT2D eigenvalue weighted by Gasteiger charge is 2.33. The SMILES string of the molecule is CCCN(CCC)C(=O)C(C)(N)c1ccccc1. The van der Waals surface area contributed by atoms with Gasteiger partial charge in [0.1, 0.15) is 5.54 Å². The molecule has 1 atom stereocenters. The summed E-state index contributed by atoms with van der Waals surface area (Å²) in [7, 11) is 0. The second-order valence-electron chi connectivity index (χ2n) is 4.86. The Morgan fingerprint density at radius 2 is 1.67 bits per heavy atom. The zero-order valence-electron chi connectivity index (χ0n) is 11.6. The average molecular weight is 248 g/mol. The summed E-state index contributed by atoms with van der Waals surface area (Å²) in [6, 6.07) is 9.58. The predicted octanol–water partition coefficient (Wildman–Crippen LogP) is 2.51. The van der Waals surface area contributed by atoms with Gasteiger partial charge in [0, 0.05) is 13.1 Å². The summed E-state index contributed by atoms with van der Waals surface area (Å²) in [6.45, 7) is 7.49. The van der Waals surface area contributed by atoms with E-state index in [4.69, 9.17) is 5.73 Å². The number of amides is 1. The number of rotatable bonds is 6. The van der Waals surface area contributed by atoms with E-state index >= 15 is 0 Å². The molecule has 0 bridgehead atoms. The topological polar surface area (TPSA) is 46.3 Å². The normalized spacial score (nSPS) is 14.0. The maximum Gasteiger partial charge on any atom is 0.246 e. The first kappa shape index (κ1) is 14.7. The van der Waals surface area contributed by atoms with Crippen molar-refractivity contribution in [3.05, 3.63) is 35.9 Å². The van der Waals surface area contributed by atoms with Crippen molar-refractivity contribution in [1.29, 1.82) is 0 Å². The van der Waals surface area contributed by atoms with Crippen molar-refractivity contribution in [3.8, 4) is 0 Å². The van der Waals surface area contributed by atoms with Crippen molar-refractivity contribution < 1.29 is 4.79 Å². The van der Waals surface area contributed by atoms with Crippen molar-refractivity contribution in [2.75, 3.05) is 13.1 Å². The number of benzene rings is 1. The van der Waals surface area contributed by atoms with Crippen LogP contribution < -0.4 is 5.73 Å². The summed E-state index contributed by atoms with van der Waals surface area (Å²) in [5, 5.41) is 0. The van der Waals surface area contributed by atoms with Gasteiger partial charge in [-0.3, -0.25) is 4.79 Å². The molecule has 1 amide bonds. The Morgan fingerprint density at radius 1 is 1.17 bits per heavy atom. The van der Waals surface area contributed by atoms with E-state index in [1.165, 1.54) is 0 Å². The molecule has 0 saturated carbocycles. The molecule has 0 radical (unpaired) electrons. The van der Waals surface area contributed by atoms with Gasteiger partial charge in [-0.05, 0) is 25.3 Å². The van der Waals surface area contributed by atoms with Gasteiger partial charge in [-0.1, -0.05) is 44.2 Å². The van der Waals surface area contributed by atoms with E-state index < -0.39 is 5.54 Å². The van der Waals surface area contributed by atoms with Crippen LogP contribution in [-0.4, -0.2) is 23.9 Å². The van der Waals surface area contributed by atoms with Crippen LogP contribution in [0.25, 0.3) is 0 Å². The monoisotopic (exact) mass is 248 g/mol. The van der Waals surface area contributed by atoms with Gasteiger partial charge in [0.15, 0.2) is 0 Å². The number of carbonyl (C=O) groups is 1. The first-order valence-electron chi connectivity index (χ1n) is 6.67. The molecule has 0 saturated heterocycles. The maximum atomic E-state index is 12.5. The van der Waals surface area contributed by atoms with Crippen molar-refractivity contribution in [2.45, 2.75) is 39.2 Å². The fourth-order valence-corrected chi connectivity index (χ4v) is 2.09. The number of carbonyl (C=O) groups excluding carboxylic acids is 1. The molecule has 0 aliphatic rings. The zero-order valence-corrected chi connectivity index (χ0v) is 11.6. The molecular weight excluding hydrogens is 224 g/mol.